The molecule has 0 amide bonds. The number of pyridine rings is 1. The zero-order valence-corrected chi connectivity index (χ0v) is 18.1. The zero-order chi connectivity index (χ0) is 22.1. The van der Waals surface area contributed by atoms with Crippen LogP contribution in [-0.4, -0.2) is 39.5 Å². The Bertz CT molecular complexity index is 1370. The normalized spacial score (nSPS) is 11.0. The van der Waals surface area contributed by atoms with Gasteiger partial charge in [0.1, 0.15) is 6.33 Å². The van der Waals surface area contributed by atoms with Gasteiger partial charge in [-0.3, -0.25) is 9.67 Å². The molecule has 32 heavy (non-hydrogen) atoms. The maximum absolute atomic E-state index is 6.28. The smallest absolute Gasteiger partial charge is 0.227 e. The van der Waals surface area contributed by atoms with Crippen molar-refractivity contribution < 1.29 is 0 Å². The van der Waals surface area contributed by atoms with Gasteiger partial charge in [-0.2, -0.15) is 5.10 Å². The molecule has 1 aromatic carbocycles. The van der Waals surface area contributed by atoms with Crippen molar-refractivity contribution in [2.45, 2.75) is 6.92 Å². The van der Waals surface area contributed by atoms with E-state index in [0.717, 1.165) is 28.2 Å². The van der Waals surface area contributed by atoms with E-state index >= 15 is 0 Å². The number of rotatable bonds is 5. The van der Waals surface area contributed by atoms with Gasteiger partial charge in [0.05, 0.1) is 28.8 Å². The first-order valence-electron chi connectivity index (χ1n) is 9.79. The average molecular weight is 444 g/mol. The van der Waals surface area contributed by atoms with Crippen molar-refractivity contribution in [3.63, 3.8) is 0 Å². The first-order valence-corrected chi connectivity index (χ1v) is 10.2. The molecule has 0 atom stereocenters. The summed E-state index contributed by atoms with van der Waals surface area (Å²) in [5.74, 6) is 1.06. The number of nitrogens with zero attached hydrogens (tertiary/aromatic N) is 8. The monoisotopic (exact) mass is 443 g/mol. The molecule has 0 saturated carbocycles. The molecule has 0 spiro atoms. The lowest BCUT2D eigenvalue weighted by Crippen LogP contribution is -2.00. The lowest BCUT2D eigenvalue weighted by atomic mass is 10.2. The quantitative estimate of drug-likeness (QED) is 0.434. The van der Waals surface area contributed by atoms with E-state index in [1.54, 1.807) is 34.3 Å². The Morgan fingerprint density at radius 3 is 2.47 bits per heavy atom. The number of aromatic nitrogens is 8. The molecular weight excluding hydrogens is 426 g/mol. The van der Waals surface area contributed by atoms with Crippen LogP contribution in [0.5, 0.6) is 0 Å². The average Bonchev–Trinajstić information content (AvgIpc) is 3.46. The minimum atomic E-state index is 0.441. The number of hydrogen-bond acceptors (Lipinski definition) is 7. The fraction of sp³-hybridized carbons (Fsp3) is 0.0909. The van der Waals surface area contributed by atoms with Gasteiger partial charge in [-0.25, -0.2) is 19.6 Å². The van der Waals surface area contributed by atoms with Crippen LogP contribution in [-0.2, 0) is 7.05 Å². The van der Waals surface area contributed by atoms with Gasteiger partial charge in [0.25, 0.3) is 0 Å². The molecule has 5 rings (SSSR count). The third-order valence-electron chi connectivity index (χ3n) is 4.77. The summed E-state index contributed by atoms with van der Waals surface area (Å²) in [6.45, 7) is 1.94. The summed E-state index contributed by atoms with van der Waals surface area (Å²) in [5.41, 5.74) is 4.97. The second kappa shape index (κ2) is 8.20. The number of halogens is 1. The second-order valence-electron chi connectivity index (χ2n) is 7.17. The van der Waals surface area contributed by atoms with Gasteiger partial charge in [0, 0.05) is 41.9 Å². The molecule has 0 fully saturated rings. The van der Waals surface area contributed by atoms with Gasteiger partial charge < -0.3 is 5.32 Å². The molecule has 0 unspecified atom stereocenters. The van der Waals surface area contributed by atoms with Gasteiger partial charge in [-0.15, -0.1) is 5.10 Å². The van der Waals surface area contributed by atoms with Crippen molar-refractivity contribution in [1.29, 1.82) is 0 Å². The van der Waals surface area contributed by atoms with E-state index in [1.165, 1.54) is 0 Å². The summed E-state index contributed by atoms with van der Waals surface area (Å²) in [7, 11) is 1.84. The fourth-order valence-corrected chi connectivity index (χ4v) is 3.32. The van der Waals surface area contributed by atoms with E-state index in [-0.39, 0.29) is 0 Å². The Morgan fingerprint density at radius 2 is 1.75 bits per heavy atom. The van der Waals surface area contributed by atoms with E-state index < -0.39 is 0 Å². The molecule has 0 saturated heterocycles. The van der Waals surface area contributed by atoms with Crippen LogP contribution in [0.15, 0.2) is 67.5 Å². The summed E-state index contributed by atoms with van der Waals surface area (Å²) < 4.78 is 3.42. The van der Waals surface area contributed by atoms with E-state index in [4.69, 9.17) is 11.6 Å². The van der Waals surface area contributed by atoms with Gasteiger partial charge in [-0.05, 0) is 43.3 Å². The molecular formula is C22H18ClN9. The maximum atomic E-state index is 6.28. The molecule has 0 radical (unpaired) electrons. The second-order valence-corrected chi connectivity index (χ2v) is 7.57. The van der Waals surface area contributed by atoms with Crippen LogP contribution in [0.1, 0.15) is 5.69 Å². The number of benzene rings is 1. The number of hydrogen-bond donors (Lipinski definition) is 1. The molecule has 0 bridgehead atoms. The first kappa shape index (κ1) is 19.8. The fourth-order valence-electron chi connectivity index (χ4n) is 3.12. The summed E-state index contributed by atoms with van der Waals surface area (Å²) in [6.07, 6.45) is 8.59. The van der Waals surface area contributed by atoms with Crippen LogP contribution in [0.2, 0.25) is 5.02 Å². The first-order chi connectivity index (χ1) is 15.5. The van der Waals surface area contributed by atoms with Crippen LogP contribution in [0, 0.1) is 6.92 Å². The minimum absolute atomic E-state index is 0.441. The Hall–Kier alpha value is -4.11. The minimum Gasteiger partial charge on any atom is -0.324 e. The third kappa shape index (κ3) is 4.06. The molecule has 4 heterocycles. The van der Waals surface area contributed by atoms with Gasteiger partial charge in [-0.1, -0.05) is 11.6 Å². The van der Waals surface area contributed by atoms with Crippen LogP contribution in [0.3, 0.4) is 0 Å². The third-order valence-corrected chi connectivity index (χ3v) is 5.05. The van der Waals surface area contributed by atoms with Crippen molar-refractivity contribution in [2.24, 2.45) is 7.05 Å². The summed E-state index contributed by atoms with van der Waals surface area (Å²) in [4.78, 5) is 17.5. The highest BCUT2D eigenvalue weighted by Crippen LogP contribution is 2.26. The van der Waals surface area contributed by atoms with Crippen molar-refractivity contribution >= 4 is 23.2 Å². The molecule has 1 N–H and O–H groups in total. The maximum Gasteiger partial charge on any atom is 0.227 e. The number of aryl methyl sites for hydroxylation is 2. The molecule has 0 aliphatic heterocycles. The lowest BCUT2D eigenvalue weighted by molar-refractivity contribution is 0.768. The molecule has 10 heteroatoms. The predicted octanol–water partition coefficient (Wildman–Crippen LogP) is 4.23. The molecule has 158 valence electrons. The van der Waals surface area contributed by atoms with Crippen LogP contribution < -0.4 is 5.32 Å². The van der Waals surface area contributed by atoms with Crippen molar-refractivity contribution in [1.82, 2.24) is 39.5 Å². The summed E-state index contributed by atoms with van der Waals surface area (Å²) >= 11 is 6.28. The van der Waals surface area contributed by atoms with Crippen molar-refractivity contribution in [2.75, 3.05) is 5.32 Å². The van der Waals surface area contributed by atoms with Gasteiger partial charge in [0.15, 0.2) is 5.82 Å². The molecule has 9 nitrogen and oxygen atoms in total. The largest absolute Gasteiger partial charge is 0.324 e. The van der Waals surface area contributed by atoms with Crippen molar-refractivity contribution in [3.8, 4) is 28.3 Å². The van der Waals surface area contributed by atoms with Crippen LogP contribution in [0.4, 0.5) is 11.6 Å². The molecule has 5 aromatic rings. The summed E-state index contributed by atoms with van der Waals surface area (Å²) in [5, 5.41) is 12.4. The van der Waals surface area contributed by atoms with Crippen molar-refractivity contribution in [3.05, 3.63) is 78.2 Å². The van der Waals surface area contributed by atoms with E-state index in [9.17, 15) is 0 Å². The van der Waals surface area contributed by atoms with Crippen LogP contribution in [0.25, 0.3) is 28.3 Å². The number of anilines is 2. The summed E-state index contributed by atoms with van der Waals surface area (Å²) in [6, 6.07) is 11.6. The molecule has 0 aliphatic carbocycles. The highest BCUT2D eigenvalue weighted by molar-refractivity contribution is 6.32. The van der Waals surface area contributed by atoms with Gasteiger partial charge in [0.2, 0.25) is 5.95 Å². The highest BCUT2D eigenvalue weighted by atomic mass is 35.5. The van der Waals surface area contributed by atoms with Gasteiger partial charge >= 0.3 is 0 Å². The SMILES string of the molecule is Cc1ccc(-c2ncn(-c3ccc(Nc4ncc(Cl)c(-c5cnn(C)c5)n4)cc3)n2)cn1. The Labute approximate surface area is 188 Å². The standard InChI is InChI=1S/C22H18ClN9/c1-14-3-4-15(9-24-14)21-26-13-32(30-21)18-7-5-17(6-8-18)28-22-25-11-19(23)20(29-22)16-10-27-31(2)12-16/h3-13H,1-2H3,(H,25,28,29). The van der Waals surface area contributed by atoms with E-state index in [0.29, 0.717) is 22.5 Å². The Kier molecular flexibility index (Phi) is 5.08. The predicted molar refractivity (Wildman–Crippen MR) is 122 cm³/mol. The van der Waals surface area contributed by atoms with E-state index in [2.05, 4.69) is 35.5 Å². The Morgan fingerprint density at radius 1 is 0.906 bits per heavy atom. The zero-order valence-electron chi connectivity index (χ0n) is 17.3. The lowest BCUT2D eigenvalue weighted by Gasteiger charge is -2.08. The topological polar surface area (TPSA) is 99.2 Å². The number of nitrogens with one attached hydrogen (secondary N) is 1. The van der Waals surface area contributed by atoms with Crippen LogP contribution >= 0.6 is 11.6 Å². The molecule has 0 aliphatic rings. The Balaban J connectivity index is 1.34. The molecule has 4 aromatic heterocycles. The van der Waals surface area contributed by atoms with E-state index in [1.807, 2.05) is 56.6 Å². The highest BCUT2D eigenvalue weighted by Gasteiger charge is 2.11.